The summed E-state index contributed by atoms with van der Waals surface area (Å²) >= 11 is 0. The van der Waals surface area contributed by atoms with Gasteiger partial charge in [-0.25, -0.2) is 0 Å². The molecule has 0 amide bonds. The van der Waals surface area contributed by atoms with Crippen LogP contribution < -0.4 is 0 Å². The van der Waals surface area contributed by atoms with Gasteiger partial charge in [-0.3, -0.25) is 0 Å². The van der Waals surface area contributed by atoms with Crippen molar-refractivity contribution in [2.75, 3.05) is 7.11 Å². The highest BCUT2D eigenvalue weighted by Crippen LogP contribution is 2.08. The molecule has 0 N–H and O–H groups in total. The number of rotatable bonds is 3. The maximum atomic E-state index is 5.01. The molecule has 0 spiro atoms. The van der Waals surface area contributed by atoms with Gasteiger partial charge in [0.25, 0.3) is 0 Å². The minimum Gasteiger partial charge on any atom is -0.501 e. The van der Waals surface area contributed by atoms with E-state index in [4.69, 9.17) is 4.74 Å². The van der Waals surface area contributed by atoms with Crippen LogP contribution in [0.15, 0.2) is 35.6 Å². The van der Waals surface area contributed by atoms with Gasteiger partial charge in [0.05, 0.1) is 12.9 Å². The Morgan fingerprint density at radius 1 is 1.18 bits per heavy atom. The van der Waals surface area contributed by atoms with E-state index >= 15 is 0 Å². The van der Waals surface area contributed by atoms with Gasteiger partial charge in [0.1, 0.15) is 0 Å². The molecule has 1 heteroatoms. The second kappa shape index (κ2) is 4.78. The third-order valence-electron chi connectivity index (χ3n) is 1.67. The molecular weight excluding hydrogens is 136 g/mol. The Hall–Kier alpha value is -0.980. The molecular formula is C10H16O. The number of hydrogen-bond acceptors (Lipinski definition) is 1. The fourth-order valence-electron chi connectivity index (χ4n) is 0.639. The van der Waals surface area contributed by atoms with Crippen molar-refractivity contribution in [3.8, 4) is 0 Å². The minimum absolute atomic E-state index is 0.920. The van der Waals surface area contributed by atoms with Crippen LogP contribution in [0.3, 0.4) is 0 Å². The van der Waals surface area contributed by atoms with Crippen molar-refractivity contribution in [1.82, 2.24) is 0 Å². The fraction of sp³-hybridized carbons (Fsp3) is 0.400. The van der Waals surface area contributed by atoms with Crippen LogP contribution in [0.25, 0.3) is 0 Å². The molecule has 0 aliphatic carbocycles. The highest BCUT2D eigenvalue weighted by atomic mass is 16.5. The molecule has 0 aromatic carbocycles. The van der Waals surface area contributed by atoms with Crippen LogP contribution >= 0.6 is 0 Å². The van der Waals surface area contributed by atoms with Gasteiger partial charge in [-0.2, -0.15) is 0 Å². The molecule has 0 heterocycles. The molecule has 0 bridgehead atoms. The maximum Gasteiger partial charge on any atom is 0.0927 e. The molecule has 0 fully saturated rings. The SMILES string of the molecule is C=C/C(C)=C(C)\C=C(/C)OC. The van der Waals surface area contributed by atoms with Crippen molar-refractivity contribution < 1.29 is 4.74 Å². The first kappa shape index (κ1) is 10.0. The van der Waals surface area contributed by atoms with Gasteiger partial charge in [-0.15, -0.1) is 0 Å². The lowest BCUT2D eigenvalue weighted by Crippen LogP contribution is -1.82. The number of allylic oxidation sites excluding steroid dienone is 5. The van der Waals surface area contributed by atoms with Gasteiger partial charge in [0.15, 0.2) is 0 Å². The lowest BCUT2D eigenvalue weighted by molar-refractivity contribution is 0.293. The third kappa shape index (κ3) is 3.66. The summed E-state index contributed by atoms with van der Waals surface area (Å²) in [6, 6.07) is 0. The van der Waals surface area contributed by atoms with E-state index in [-0.39, 0.29) is 0 Å². The largest absolute Gasteiger partial charge is 0.501 e. The standard InChI is InChI=1S/C10H16O/c1-6-8(2)9(3)7-10(4)11-5/h6-7H,1H2,2-5H3/b9-8-,10-7+. The van der Waals surface area contributed by atoms with Crippen molar-refractivity contribution in [3.63, 3.8) is 0 Å². The van der Waals surface area contributed by atoms with Crippen molar-refractivity contribution in [2.24, 2.45) is 0 Å². The predicted octanol–water partition coefficient (Wildman–Crippen LogP) is 3.06. The summed E-state index contributed by atoms with van der Waals surface area (Å²) in [7, 11) is 1.67. The summed E-state index contributed by atoms with van der Waals surface area (Å²) in [5, 5.41) is 0. The Labute approximate surface area is 69.1 Å². The Balaban J connectivity index is 4.49. The molecule has 0 saturated carbocycles. The minimum atomic E-state index is 0.920. The van der Waals surface area contributed by atoms with Gasteiger partial charge in [-0.05, 0) is 38.0 Å². The molecule has 0 aliphatic rings. The van der Waals surface area contributed by atoms with Gasteiger partial charge in [-0.1, -0.05) is 12.7 Å². The lowest BCUT2D eigenvalue weighted by Gasteiger charge is -2.00. The number of hydrogen-bond donors (Lipinski definition) is 0. The Kier molecular flexibility index (Phi) is 4.35. The molecule has 0 atom stereocenters. The van der Waals surface area contributed by atoms with Gasteiger partial charge in [0, 0.05) is 0 Å². The van der Waals surface area contributed by atoms with Gasteiger partial charge in [0.2, 0.25) is 0 Å². The Bertz CT molecular complexity index is 197. The predicted molar refractivity (Wildman–Crippen MR) is 49.3 cm³/mol. The number of ether oxygens (including phenoxy) is 1. The quantitative estimate of drug-likeness (QED) is 0.446. The first-order chi connectivity index (χ1) is 5.11. The monoisotopic (exact) mass is 152 g/mol. The zero-order chi connectivity index (χ0) is 8.85. The molecule has 11 heavy (non-hydrogen) atoms. The molecule has 0 aliphatic heterocycles. The first-order valence-corrected chi connectivity index (χ1v) is 3.64. The lowest BCUT2D eigenvalue weighted by atomic mass is 10.1. The average Bonchev–Trinajstić information content (AvgIpc) is 2.02. The van der Waals surface area contributed by atoms with Crippen molar-refractivity contribution >= 4 is 0 Å². The highest BCUT2D eigenvalue weighted by Gasteiger charge is 1.90. The molecule has 0 rings (SSSR count). The summed E-state index contributed by atoms with van der Waals surface area (Å²) in [5.74, 6) is 0.920. The van der Waals surface area contributed by atoms with E-state index in [0.717, 1.165) is 5.76 Å². The smallest absolute Gasteiger partial charge is 0.0927 e. The highest BCUT2D eigenvalue weighted by molar-refractivity contribution is 5.29. The van der Waals surface area contributed by atoms with Crippen LogP contribution in [0.5, 0.6) is 0 Å². The van der Waals surface area contributed by atoms with E-state index < -0.39 is 0 Å². The van der Waals surface area contributed by atoms with Crippen molar-refractivity contribution in [1.29, 1.82) is 0 Å². The zero-order valence-electron chi connectivity index (χ0n) is 7.77. The zero-order valence-corrected chi connectivity index (χ0v) is 7.77. The number of methoxy groups -OCH3 is 1. The van der Waals surface area contributed by atoms with E-state index in [0.29, 0.717) is 0 Å². The van der Waals surface area contributed by atoms with Crippen LogP contribution in [-0.2, 0) is 4.74 Å². The molecule has 0 unspecified atom stereocenters. The average molecular weight is 152 g/mol. The molecule has 0 aromatic rings. The van der Waals surface area contributed by atoms with Crippen LogP contribution in [0, 0.1) is 0 Å². The van der Waals surface area contributed by atoms with Gasteiger partial charge < -0.3 is 4.74 Å². The van der Waals surface area contributed by atoms with Crippen molar-refractivity contribution in [2.45, 2.75) is 20.8 Å². The normalized spacial score (nSPS) is 14.0. The summed E-state index contributed by atoms with van der Waals surface area (Å²) in [4.78, 5) is 0. The van der Waals surface area contributed by atoms with E-state index in [1.807, 2.05) is 32.9 Å². The van der Waals surface area contributed by atoms with E-state index in [2.05, 4.69) is 6.58 Å². The Morgan fingerprint density at radius 3 is 2.09 bits per heavy atom. The van der Waals surface area contributed by atoms with Crippen LogP contribution in [0.2, 0.25) is 0 Å². The molecule has 1 nitrogen and oxygen atoms in total. The summed E-state index contributed by atoms with van der Waals surface area (Å²) < 4.78 is 5.01. The van der Waals surface area contributed by atoms with Crippen LogP contribution in [-0.4, -0.2) is 7.11 Å². The van der Waals surface area contributed by atoms with Crippen molar-refractivity contribution in [3.05, 3.63) is 35.6 Å². The first-order valence-electron chi connectivity index (χ1n) is 3.64. The van der Waals surface area contributed by atoms with Crippen LogP contribution in [0.1, 0.15) is 20.8 Å². The fourth-order valence-corrected chi connectivity index (χ4v) is 0.639. The topological polar surface area (TPSA) is 9.23 Å². The summed E-state index contributed by atoms with van der Waals surface area (Å²) in [6.07, 6.45) is 3.84. The summed E-state index contributed by atoms with van der Waals surface area (Å²) in [5.41, 5.74) is 2.38. The van der Waals surface area contributed by atoms with Gasteiger partial charge >= 0.3 is 0 Å². The van der Waals surface area contributed by atoms with E-state index in [9.17, 15) is 0 Å². The van der Waals surface area contributed by atoms with E-state index in [1.165, 1.54) is 11.1 Å². The molecule has 0 saturated heterocycles. The van der Waals surface area contributed by atoms with Crippen LogP contribution in [0.4, 0.5) is 0 Å². The molecule has 62 valence electrons. The molecule has 0 radical (unpaired) electrons. The van der Waals surface area contributed by atoms with E-state index in [1.54, 1.807) is 7.11 Å². The summed E-state index contributed by atoms with van der Waals surface area (Å²) in [6.45, 7) is 9.69. The molecule has 0 aromatic heterocycles. The second-order valence-electron chi connectivity index (χ2n) is 2.53. The maximum absolute atomic E-state index is 5.01. The second-order valence-corrected chi connectivity index (χ2v) is 2.53. The third-order valence-corrected chi connectivity index (χ3v) is 1.67. The Morgan fingerprint density at radius 2 is 1.73 bits per heavy atom.